The van der Waals surface area contributed by atoms with Gasteiger partial charge in [0.25, 0.3) is 0 Å². The Kier molecular flexibility index (Phi) is 6.44. The second kappa shape index (κ2) is 8.14. The zero-order chi connectivity index (χ0) is 14.1. The van der Waals surface area contributed by atoms with Gasteiger partial charge >= 0.3 is 0 Å². The van der Waals surface area contributed by atoms with Crippen molar-refractivity contribution in [1.29, 1.82) is 0 Å². The number of ether oxygens (including phenoxy) is 2. The van der Waals surface area contributed by atoms with Gasteiger partial charge in [-0.1, -0.05) is 12.2 Å². The van der Waals surface area contributed by atoms with Crippen LogP contribution >= 0.6 is 0 Å². The zero-order valence-electron chi connectivity index (χ0n) is 11.3. The van der Waals surface area contributed by atoms with Crippen LogP contribution in [0.4, 0.5) is 0 Å². The summed E-state index contributed by atoms with van der Waals surface area (Å²) in [5.41, 5.74) is 0.569. The average molecular weight is 260 g/mol. The molecular formula is C16H20O3. The summed E-state index contributed by atoms with van der Waals surface area (Å²) in [4.78, 5) is 10.8. The van der Waals surface area contributed by atoms with E-state index in [1.807, 2.05) is 19.1 Å². The molecule has 1 aromatic carbocycles. The van der Waals surface area contributed by atoms with E-state index in [0.717, 1.165) is 19.1 Å². The van der Waals surface area contributed by atoms with Gasteiger partial charge in [0.15, 0.2) is 11.5 Å². The maximum atomic E-state index is 10.8. The first-order valence-corrected chi connectivity index (χ1v) is 6.35. The lowest BCUT2D eigenvalue weighted by Gasteiger charge is -2.19. The molecule has 3 nitrogen and oxygen atoms in total. The van der Waals surface area contributed by atoms with Gasteiger partial charge in [-0.25, -0.2) is 0 Å². The van der Waals surface area contributed by atoms with Crippen molar-refractivity contribution < 1.29 is 14.3 Å². The van der Waals surface area contributed by atoms with Crippen molar-refractivity contribution in [3.8, 4) is 11.5 Å². The molecule has 0 saturated carbocycles. The minimum absolute atomic E-state index is 0.0173. The first-order valence-electron chi connectivity index (χ1n) is 6.35. The number of carbonyl (C=O) groups is 1. The molecule has 0 aliphatic carbocycles. The van der Waals surface area contributed by atoms with E-state index >= 15 is 0 Å². The predicted molar refractivity (Wildman–Crippen MR) is 77.0 cm³/mol. The van der Waals surface area contributed by atoms with E-state index in [4.69, 9.17) is 9.47 Å². The van der Waals surface area contributed by atoms with Gasteiger partial charge in [0.1, 0.15) is 12.4 Å². The summed E-state index contributed by atoms with van der Waals surface area (Å²) in [5, 5.41) is 0. The Morgan fingerprint density at radius 2 is 1.89 bits per heavy atom. The number of aldehydes is 1. The second-order valence-corrected chi connectivity index (χ2v) is 4.05. The van der Waals surface area contributed by atoms with Gasteiger partial charge < -0.3 is 9.47 Å². The molecule has 0 bridgehead atoms. The molecule has 0 aliphatic heterocycles. The highest BCUT2D eigenvalue weighted by Crippen LogP contribution is 2.30. The Labute approximate surface area is 114 Å². The third-order valence-electron chi connectivity index (χ3n) is 2.56. The highest BCUT2D eigenvalue weighted by Gasteiger charge is 2.12. The maximum Gasteiger partial charge on any atom is 0.161 e. The van der Waals surface area contributed by atoms with Crippen LogP contribution in [-0.2, 0) is 0 Å². The summed E-state index contributed by atoms with van der Waals surface area (Å²) in [7, 11) is 0. The van der Waals surface area contributed by atoms with Crippen LogP contribution in [0.3, 0.4) is 0 Å². The largest absolute Gasteiger partial charge is 0.490 e. The van der Waals surface area contributed by atoms with E-state index in [1.165, 1.54) is 0 Å². The highest BCUT2D eigenvalue weighted by atomic mass is 16.5. The Morgan fingerprint density at radius 1 is 1.21 bits per heavy atom. The molecule has 102 valence electrons. The van der Waals surface area contributed by atoms with Crippen LogP contribution in [0.25, 0.3) is 0 Å². The summed E-state index contributed by atoms with van der Waals surface area (Å²) in [5.74, 6) is 1.23. The molecule has 0 atom stereocenters. The summed E-state index contributed by atoms with van der Waals surface area (Å²) in [6.45, 7) is 9.85. The van der Waals surface area contributed by atoms with Gasteiger partial charge in [-0.05, 0) is 25.1 Å². The summed E-state index contributed by atoms with van der Waals surface area (Å²) in [6, 6.07) is 5.16. The Balaban J connectivity index is 2.93. The molecule has 0 aromatic heterocycles. The van der Waals surface area contributed by atoms with Crippen molar-refractivity contribution in [3.63, 3.8) is 0 Å². The van der Waals surface area contributed by atoms with Crippen molar-refractivity contribution in [3.05, 3.63) is 49.1 Å². The maximum absolute atomic E-state index is 10.8. The van der Waals surface area contributed by atoms with E-state index in [0.29, 0.717) is 23.7 Å². The van der Waals surface area contributed by atoms with Crippen molar-refractivity contribution >= 4 is 6.29 Å². The molecule has 0 fully saturated rings. The topological polar surface area (TPSA) is 35.5 Å². The normalized spacial score (nSPS) is 10.0. The van der Waals surface area contributed by atoms with E-state index in [9.17, 15) is 4.79 Å². The van der Waals surface area contributed by atoms with Crippen LogP contribution in [0, 0.1) is 0 Å². The first kappa shape index (κ1) is 15.0. The molecular weight excluding hydrogens is 240 g/mol. The van der Waals surface area contributed by atoms with Crippen molar-refractivity contribution in [2.45, 2.75) is 25.9 Å². The summed E-state index contributed by atoms with van der Waals surface area (Å²) >= 11 is 0. The number of hydrogen-bond donors (Lipinski definition) is 0. The molecule has 0 unspecified atom stereocenters. The molecule has 0 saturated heterocycles. The van der Waals surface area contributed by atoms with Gasteiger partial charge in [0.05, 0.1) is 6.61 Å². The molecule has 0 radical (unpaired) electrons. The van der Waals surface area contributed by atoms with Gasteiger partial charge in [0, 0.05) is 18.4 Å². The Hall–Kier alpha value is -2.03. The Bertz CT molecular complexity index is 428. The summed E-state index contributed by atoms with van der Waals surface area (Å²) in [6.07, 6.45) is 5.86. The molecule has 0 aliphatic rings. The minimum Gasteiger partial charge on any atom is -0.490 e. The van der Waals surface area contributed by atoms with Crippen molar-refractivity contribution in [2.24, 2.45) is 0 Å². The predicted octanol–water partition coefficient (Wildman–Crippen LogP) is 3.80. The van der Waals surface area contributed by atoms with Gasteiger partial charge in [-0.2, -0.15) is 0 Å². The van der Waals surface area contributed by atoms with E-state index in [2.05, 4.69) is 13.2 Å². The summed E-state index contributed by atoms with van der Waals surface area (Å²) < 4.78 is 11.4. The van der Waals surface area contributed by atoms with Gasteiger partial charge in [0.2, 0.25) is 0 Å². The zero-order valence-corrected chi connectivity index (χ0v) is 11.3. The Morgan fingerprint density at radius 3 is 2.42 bits per heavy atom. The number of carbonyl (C=O) groups excluding carboxylic acids is 1. The molecule has 1 aromatic rings. The van der Waals surface area contributed by atoms with E-state index in [-0.39, 0.29) is 6.10 Å². The van der Waals surface area contributed by atoms with E-state index < -0.39 is 0 Å². The van der Waals surface area contributed by atoms with Crippen LogP contribution in [-0.4, -0.2) is 19.0 Å². The van der Waals surface area contributed by atoms with Crippen molar-refractivity contribution in [1.82, 2.24) is 0 Å². The lowest BCUT2D eigenvalue weighted by molar-refractivity contribution is 0.112. The van der Waals surface area contributed by atoms with Crippen molar-refractivity contribution in [2.75, 3.05) is 6.61 Å². The second-order valence-electron chi connectivity index (χ2n) is 4.05. The number of benzene rings is 1. The molecule has 0 amide bonds. The molecule has 0 heterocycles. The number of hydrogen-bond acceptors (Lipinski definition) is 3. The van der Waals surface area contributed by atoms with Crippen LogP contribution in [0.2, 0.25) is 0 Å². The van der Waals surface area contributed by atoms with Crippen LogP contribution < -0.4 is 9.47 Å². The third kappa shape index (κ3) is 4.62. The fourth-order valence-electron chi connectivity index (χ4n) is 1.71. The number of rotatable bonds is 9. The van der Waals surface area contributed by atoms with E-state index in [1.54, 1.807) is 18.2 Å². The molecule has 19 heavy (non-hydrogen) atoms. The lowest BCUT2D eigenvalue weighted by Crippen LogP contribution is -2.15. The third-order valence-corrected chi connectivity index (χ3v) is 2.56. The van der Waals surface area contributed by atoms with Gasteiger partial charge in [-0.15, -0.1) is 13.2 Å². The molecule has 0 N–H and O–H groups in total. The minimum atomic E-state index is -0.0173. The standard InChI is InChI=1S/C16H20O3/c1-4-7-14(8-5-2)19-15-10-9-13(12-17)11-16(15)18-6-3/h4-5,9-12,14H,1-2,6-8H2,3H3. The first-order chi connectivity index (χ1) is 9.24. The quantitative estimate of drug-likeness (QED) is 0.500. The fourth-order valence-corrected chi connectivity index (χ4v) is 1.71. The SMILES string of the molecule is C=CCC(CC=C)Oc1ccc(C=O)cc1OCC. The van der Waals surface area contributed by atoms with Crippen LogP contribution in [0.1, 0.15) is 30.1 Å². The molecule has 0 spiro atoms. The lowest BCUT2D eigenvalue weighted by atomic mass is 10.1. The molecule has 3 heteroatoms. The smallest absolute Gasteiger partial charge is 0.161 e. The van der Waals surface area contributed by atoms with Crippen LogP contribution in [0.15, 0.2) is 43.5 Å². The van der Waals surface area contributed by atoms with Crippen LogP contribution in [0.5, 0.6) is 11.5 Å². The monoisotopic (exact) mass is 260 g/mol. The molecule has 1 rings (SSSR count). The fraction of sp³-hybridized carbons (Fsp3) is 0.312. The average Bonchev–Trinajstić information content (AvgIpc) is 2.41. The highest BCUT2D eigenvalue weighted by molar-refractivity contribution is 5.76. The van der Waals surface area contributed by atoms with Gasteiger partial charge in [-0.3, -0.25) is 4.79 Å².